The molecule has 19 heavy (non-hydrogen) atoms. The molecule has 0 bridgehead atoms. The topological polar surface area (TPSA) is 81.4 Å². The van der Waals surface area contributed by atoms with Crippen molar-refractivity contribution in [2.75, 3.05) is 13.2 Å². The Morgan fingerprint density at radius 2 is 2.32 bits per heavy atom. The van der Waals surface area contributed by atoms with Crippen LogP contribution in [0, 0.1) is 12.3 Å². The Kier molecular flexibility index (Phi) is 3.64. The lowest BCUT2D eigenvalue weighted by Crippen LogP contribution is -2.49. The molecule has 1 aliphatic heterocycles. The van der Waals surface area contributed by atoms with E-state index in [9.17, 15) is 14.7 Å². The van der Waals surface area contributed by atoms with E-state index in [0.717, 1.165) is 0 Å². The van der Waals surface area contributed by atoms with Gasteiger partial charge in [0.15, 0.2) is 11.2 Å². The molecule has 2 rings (SSSR count). The Morgan fingerprint density at radius 1 is 1.63 bits per heavy atom. The Balaban J connectivity index is 2.41. The van der Waals surface area contributed by atoms with Crippen molar-refractivity contribution >= 4 is 23.4 Å². The van der Waals surface area contributed by atoms with Crippen LogP contribution in [0.15, 0.2) is 0 Å². The van der Waals surface area contributed by atoms with Crippen molar-refractivity contribution in [1.29, 1.82) is 0 Å². The first-order valence-corrected chi connectivity index (χ1v) is 6.28. The van der Waals surface area contributed by atoms with Crippen LogP contribution in [0.2, 0.25) is 5.02 Å². The van der Waals surface area contributed by atoms with Crippen LogP contribution < -0.4 is 0 Å². The minimum absolute atomic E-state index is 0.00264. The number of hydrogen-bond donors (Lipinski definition) is 1. The molecule has 1 unspecified atom stereocenters. The lowest BCUT2D eigenvalue weighted by atomic mass is 9.77. The molecule has 0 aliphatic carbocycles. The fraction of sp³-hybridized carbons (Fsp3) is 0.583. The lowest BCUT2D eigenvalue weighted by molar-refractivity contribution is -0.164. The summed E-state index contributed by atoms with van der Waals surface area (Å²) in [5, 5.41) is 14.0. The summed E-state index contributed by atoms with van der Waals surface area (Å²) in [6.07, 6.45) is 0.109. The highest BCUT2D eigenvalue weighted by molar-refractivity contribution is 6.32. The van der Waals surface area contributed by atoms with E-state index in [1.807, 2.05) is 0 Å². The van der Waals surface area contributed by atoms with Gasteiger partial charge in [-0.2, -0.15) is 5.10 Å². The van der Waals surface area contributed by atoms with Gasteiger partial charge in [-0.15, -0.1) is 0 Å². The molecule has 1 aromatic heterocycles. The first-order chi connectivity index (χ1) is 8.88. The Hall–Kier alpha value is -1.40. The molecule has 1 fully saturated rings. The van der Waals surface area contributed by atoms with Gasteiger partial charge in [0.25, 0.3) is 0 Å². The summed E-state index contributed by atoms with van der Waals surface area (Å²) in [7, 11) is 1.68. The molecule has 0 saturated carbocycles. The number of hydrogen-bond acceptors (Lipinski definition) is 4. The second kappa shape index (κ2) is 4.94. The quantitative estimate of drug-likeness (QED) is 0.838. The van der Waals surface area contributed by atoms with E-state index in [1.54, 1.807) is 14.0 Å². The fourth-order valence-electron chi connectivity index (χ4n) is 2.30. The molecule has 2 heterocycles. The van der Waals surface area contributed by atoms with E-state index >= 15 is 0 Å². The van der Waals surface area contributed by atoms with E-state index in [1.165, 1.54) is 4.68 Å². The van der Waals surface area contributed by atoms with Crippen LogP contribution in [0.4, 0.5) is 0 Å². The number of carboxylic acid groups (broad SMARTS) is 1. The summed E-state index contributed by atoms with van der Waals surface area (Å²) < 4.78 is 6.72. The molecule has 1 N–H and O–H groups in total. The van der Waals surface area contributed by atoms with Crippen molar-refractivity contribution in [3.63, 3.8) is 0 Å². The molecule has 0 spiro atoms. The molecule has 1 saturated heterocycles. The van der Waals surface area contributed by atoms with E-state index in [-0.39, 0.29) is 31.8 Å². The molecule has 104 valence electrons. The minimum Gasteiger partial charge on any atom is -0.480 e. The average Bonchev–Trinajstić information content (AvgIpc) is 2.58. The van der Waals surface area contributed by atoms with Crippen LogP contribution >= 0.6 is 11.6 Å². The maximum atomic E-state index is 12.1. The van der Waals surface area contributed by atoms with E-state index < -0.39 is 11.4 Å². The fourth-order valence-corrected chi connectivity index (χ4v) is 2.52. The maximum Gasteiger partial charge on any atom is 0.319 e. The number of ether oxygens (including phenoxy) is 1. The van der Waals surface area contributed by atoms with Crippen LogP contribution in [0.3, 0.4) is 0 Å². The summed E-state index contributed by atoms with van der Waals surface area (Å²) in [5.41, 5.74) is -0.397. The summed E-state index contributed by atoms with van der Waals surface area (Å²) in [4.78, 5) is 23.6. The average molecular weight is 287 g/mol. The van der Waals surface area contributed by atoms with Gasteiger partial charge >= 0.3 is 5.97 Å². The zero-order chi connectivity index (χ0) is 14.2. The normalized spacial score (nSPS) is 23.6. The van der Waals surface area contributed by atoms with Gasteiger partial charge in [-0.05, 0) is 6.92 Å². The van der Waals surface area contributed by atoms with Gasteiger partial charge in [0.1, 0.15) is 0 Å². The van der Waals surface area contributed by atoms with Crippen molar-refractivity contribution in [1.82, 2.24) is 9.78 Å². The summed E-state index contributed by atoms with van der Waals surface area (Å²) in [6, 6.07) is 0. The number of ketones is 1. The third-order valence-electron chi connectivity index (χ3n) is 3.50. The van der Waals surface area contributed by atoms with Crippen LogP contribution in [0.1, 0.15) is 17.8 Å². The predicted molar refractivity (Wildman–Crippen MR) is 67.2 cm³/mol. The molecule has 1 aromatic rings. The van der Waals surface area contributed by atoms with Crippen molar-refractivity contribution in [2.45, 2.75) is 19.8 Å². The Morgan fingerprint density at radius 3 is 2.79 bits per heavy atom. The molecule has 6 nitrogen and oxygen atoms in total. The first-order valence-electron chi connectivity index (χ1n) is 5.91. The molecular weight excluding hydrogens is 272 g/mol. The number of Topliss-reactive ketones (excluding diaryl/α,β-unsaturated/α-hetero) is 1. The third-order valence-corrected chi connectivity index (χ3v) is 3.99. The van der Waals surface area contributed by atoms with Gasteiger partial charge < -0.3 is 9.84 Å². The highest BCUT2D eigenvalue weighted by Crippen LogP contribution is 2.33. The number of carbonyl (C=O) groups is 2. The lowest BCUT2D eigenvalue weighted by Gasteiger charge is -2.31. The van der Waals surface area contributed by atoms with E-state index in [0.29, 0.717) is 16.4 Å². The maximum absolute atomic E-state index is 12.1. The van der Waals surface area contributed by atoms with Gasteiger partial charge in [0.05, 0.1) is 29.6 Å². The van der Waals surface area contributed by atoms with Crippen molar-refractivity contribution < 1.29 is 19.4 Å². The molecule has 0 aromatic carbocycles. The Bertz CT molecular complexity index is 540. The number of nitrogens with zero attached hydrogens (tertiary/aromatic N) is 2. The second-order valence-corrected chi connectivity index (χ2v) is 5.14. The zero-order valence-corrected chi connectivity index (χ0v) is 11.5. The number of carboxylic acids is 1. The molecule has 1 atom stereocenters. The molecule has 0 radical (unpaired) electrons. The van der Waals surface area contributed by atoms with Gasteiger partial charge in [0, 0.05) is 19.9 Å². The second-order valence-electron chi connectivity index (χ2n) is 4.76. The summed E-state index contributed by atoms with van der Waals surface area (Å²) in [6.45, 7) is 1.88. The summed E-state index contributed by atoms with van der Waals surface area (Å²) in [5.74, 6) is -1.49. The number of rotatable bonds is 3. The predicted octanol–water partition coefficient (Wildman–Crippen LogP) is 0.985. The van der Waals surface area contributed by atoms with Crippen molar-refractivity contribution in [2.24, 2.45) is 12.5 Å². The number of aromatic nitrogens is 2. The number of aliphatic carboxylic acids is 1. The number of carbonyl (C=O) groups excluding carboxylic acids is 1. The van der Waals surface area contributed by atoms with E-state index in [2.05, 4.69) is 5.10 Å². The van der Waals surface area contributed by atoms with Gasteiger partial charge in [-0.3, -0.25) is 14.3 Å². The van der Waals surface area contributed by atoms with Crippen molar-refractivity contribution in [3.05, 3.63) is 16.4 Å². The van der Waals surface area contributed by atoms with E-state index in [4.69, 9.17) is 16.3 Å². The minimum atomic E-state index is -1.55. The summed E-state index contributed by atoms with van der Waals surface area (Å²) >= 11 is 6.12. The first kappa shape index (κ1) is 14.0. The largest absolute Gasteiger partial charge is 0.480 e. The molecular formula is C12H15ClN2O4. The molecule has 0 amide bonds. The van der Waals surface area contributed by atoms with Gasteiger partial charge in [-0.1, -0.05) is 11.6 Å². The number of aryl methyl sites for hydroxylation is 2. The van der Waals surface area contributed by atoms with Crippen molar-refractivity contribution in [3.8, 4) is 0 Å². The van der Waals surface area contributed by atoms with Gasteiger partial charge in [0.2, 0.25) is 0 Å². The van der Waals surface area contributed by atoms with Crippen LogP contribution in [-0.4, -0.2) is 39.9 Å². The Labute approximate surface area is 115 Å². The van der Waals surface area contributed by atoms with Crippen LogP contribution in [0.25, 0.3) is 0 Å². The third kappa shape index (κ3) is 2.26. The highest BCUT2D eigenvalue weighted by Gasteiger charge is 2.49. The highest BCUT2D eigenvalue weighted by atomic mass is 35.5. The monoisotopic (exact) mass is 286 g/mol. The van der Waals surface area contributed by atoms with Crippen LogP contribution in [0.5, 0.6) is 0 Å². The standard InChI is InChI=1S/C12H15ClN2O4/c1-7-10(13)8(15(2)14-7)5-12(11(17)18)6-19-4-3-9(12)16/h3-6H2,1-2H3,(H,17,18). The van der Waals surface area contributed by atoms with Crippen LogP contribution in [-0.2, 0) is 27.8 Å². The smallest absolute Gasteiger partial charge is 0.319 e. The molecule has 1 aliphatic rings. The number of halogens is 1. The SMILES string of the molecule is Cc1nn(C)c(CC2(C(=O)O)COCCC2=O)c1Cl. The zero-order valence-electron chi connectivity index (χ0n) is 10.8. The van der Waals surface area contributed by atoms with Gasteiger partial charge in [-0.25, -0.2) is 0 Å². The molecule has 7 heteroatoms.